The van der Waals surface area contributed by atoms with Gasteiger partial charge in [-0.05, 0) is 12.5 Å². The Bertz CT molecular complexity index is 755. The van der Waals surface area contributed by atoms with Crippen LogP contribution in [0.2, 0.25) is 0 Å². The molecule has 0 spiro atoms. The third-order valence-corrected chi connectivity index (χ3v) is 3.84. The molecule has 0 radical (unpaired) electrons. The van der Waals surface area contributed by atoms with Gasteiger partial charge in [-0.25, -0.2) is 9.78 Å². The van der Waals surface area contributed by atoms with Gasteiger partial charge in [-0.3, -0.25) is 4.79 Å². The van der Waals surface area contributed by atoms with E-state index in [0.29, 0.717) is 23.6 Å². The average Bonchev–Trinajstić information content (AvgIpc) is 2.94. The number of nitrogens with zero attached hydrogens (tertiary/aromatic N) is 2. The van der Waals surface area contributed by atoms with Gasteiger partial charge in [0.1, 0.15) is 18.6 Å². The molecule has 126 valence electrons. The predicted molar refractivity (Wildman–Crippen MR) is 83.8 cm³/mol. The number of aliphatic carboxylic acids is 1. The van der Waals surface area contributed by atoms with Crippen LogP contribution in [0.1, 0.15) is 41.3 Å². The molecular weight excluding hydrogens is 312 g/mol. The minimum atomic E-state index is -1.12. The number of amides is 1. The van der Waals surface area contributed by atoms with E-state index in [4.69, 9.17) is 9.15 Å². The average molecular weight is 330 g/mol. The van der Waals surface area contributed by atoms with Crippen LogP contribution in [0, 0.1) is 0 Å². The Hall–Kier alpha value is -2.83. The van der Waals surface area contributed by atoms with Crippen molar-refractivity contribution in [1.82, 2.24) is 9.88 Å². The maximum Gasteiger partial charge on any atom is 0.331 e. The molecule has 1 aliphatic heterocycles. The van der Waals surface area contributed by atoms with Gasteiger partial charge in [0.05, 0.1) is 6.54 Å². The fourth-order valence-electron chi connectivity index (χ4n) is 2.76. The van der Waals surface area contributed by atoms with Crippen molar-refractivity contribution >= 4 is 11.9 Å². The summed E-state index contributed by atoms with van der Waals surface area (Å²) >= 11 is 0. The topological polar surface area (TPSA) is 92.9 Å². The number of oxazole rings is 1. The Kier molecular flexibility index (Phi) is 4.50. The summed E-state index contributed by atoms with van der Waals surface area (Å²) in [6.07, 6.45) is 2.75. The first-order valence-electron chi connectivity index (χ1n) is 7.81. The van der Waals surface area contributed by atoms with E-state index < -0.39 is 17.9 Å². The van der Waals surface area contributed by atoms with Crippen molar-refractivity contribution in [3.63, 3.8) is 0 Å². The van der Waals surface area contributed by atoms with Crippen LogP contribution in [0.5, 0.6) is 5.75 Å². The largest absolute Gasteiger partial charge is 0.491 e. The highest BCUT2D eigenvalue weighted by Gasteiger charge is 2.36. The van der Waals surface area contributed by atoms with Crippen molar-refractivity contribution in [1.29, 1.82) is 0 Å². The number of hydrogen-bond acceptors (Lipinski definition) is 5. The molecule has 24 heavy (non-hydrogen) atoms. The highest BCUT2D eigenvalue weighted by Crippen LogP contribution is 2.33. The molecule has 1 unspecified atom stereocenters. The Morgan fingerprint density at radius 2 is 2.17 bits per heavy atom. The first kappa shape index (κ1) is 16.0. The van der Waals surface area contributed by atoms with E-state index in [1.54, 1.807) is 24.3 Å². The Morgan fingerprint density at radius 3 is 2.92 bits per heavy atom. The maximum atomic E-state index is 12.8. The van der Waals surface area contributed by atoms with Gasteiger partial charge in [-0.1, -0.05) is 25.1 Å². The first-order chi connectivity index (χ1) is 11.6. The second-order valence-electron chi connectivity index (χ2n) is 5.50. The Balaban J connectivity index is 1.95. The standard InChI is InChI=1S/C17H18N2O5/c1-2-5-14-18-12(10-24-14)16(20)19-8-9-23-13-7-4-3-6-11(13)15(19)17(21)22/h3-4,6-7,10,15H,2,5,8-9H2,1H3,(H,21,22). The van der Waals surface area contributed by atoms with Crippen LogP contribution in [0.3, 0.4) is 0 Å². The van der Waals surface area contributed by atoms with Crippen molar-refractivity contribution in [2.24, 2.45) is 0 Å². The predicted octanol–water partition coefficient (Wildman–Crippen LogP) is 2.29. The normalized spacial score (nSPS) is 16.9. The van der Waals surface area contributed by atoms with Gasteiger partial charge in [0.15, 0.2) is 17.6 Å². The fraction of sp³-hybridized carbons (Fsp3) is 0.353. The number of carbonyl (C=O) groups is 2. The molecule has 3 rings (SSSR count). The number of aryl methyl sites for hydroxylation is 1. The second-order valence-corrected chi connectivity index (χ2v) is 5.50. The summed E-state index contributed by atoms with van der Waals surface area (Å²) in [5.74, 6) is -0.640. The number of carboxylic acid groups (broad SMARTS) is 1. The van der Waals surface area contributed by atoms with Crippen LogP contribution in [0.4, 0.5) is 0 Å². The van der Waals surface area contributed by atoms with Gasteiger partial charge in [-0.2, -0.15) is 0 Å². The molecule has 1 aromatic heterocycles. The highest BCUT2D eigenvalue weighted by molar-refractivity contribution is 5.95. The zero-order valence-electron chi connectivity index (χ0n) is 13.3. The van der Waals surface area contributed by atoms with E-state index in [2.05, 4.69) is 4.98 Å². The lowest BCUT2D eigenvalue weighted by molar-refractivity contribution is -0.142. The molecular formula is C17H18N2O5. The lowest BCUT2D eigenvalue weighted by Crippen LogP contribution is -2.40. The zero-order valence-corrected chi connectivity index (χ0v) is 13.3. The molecule has 7 nitrogen and oxygen atoms in total. The summed E-state index contributed by atoms with van der Waals surface area (Å²) < 4.78 is 10.9. The third kappa shape index (κ3) is 2.97. The van der Waals surface area contributed by atoms with Gasteiger partial charge < -0.3 is 19.2 Å². The van der Waals surface area contributed by atoms with Crippen molar-refractivity contribution in [3.05, 3.63) is 47.7 Å². The molecule has 0 saturated heterocycles. The number of rotatable bonds is 4. The van der Waals surface area contributed by atoms with Crippen LogP contribution < -0.4 is 4.74 Å². The van der Waals surface area contributed by atoms with Gasteiger partial charge in [0, 0.05) is 12.0 Å². The lowest BCUT2D eigenvalue weighted by Gasteiger charge is -2.25. The monoisotopic (exact) mass is 330 g/mol. The first-order valence-corrected chi connectivity index (χ1v) is 7.81. The second kappa shape index (κ2) is 6.74. The van der Waals surface area contributed by atoms with Crippen LogP contribution in [-0.4, -0.2) is 40.0 Å². The fourth-order valence-corrected chi connectivity index (χ4v) is 2.76. The Labute approximate surface area is 138 Å². The SMILES string of the molecule is CCCc1nc(C(=O)N2CCOc3ccccc3C2C(=O)O)co1. The summed E-state index contributed by atoms with van der Waals surface area (Å²) in [6.45, 7) is 2.35. The van der Waals surface area contributed by atoms with Gasteiger partial charge >= 0.3 is 5.97 Å². The Morgan fingerprint density at radius 1 is 1.38 bits per heavy atom. The van der Waals surface area contributed by atoms with Crippen LogP contribution >= 0.6 is 0 Å². The van der Waals surface area contributed by atoms with Crippen LogP contribution in [0.25, 0.3) is 0 Å². The summed E-state index contributed by atoms with van der Waals surface area (Å²) in [5, 5.41) is 9.67. The van der Waals surface area contributed by atoms with Gasteiger partial charge in [0.2, 0.25) is 0 Å². The molecule has 2 heterocycles. The van der Waals surface area contributed by atoms with Gasteiger partial charge in [-0.15, -0.1) is 0 Å². The molecule has 1 atom stereocenters. The number of para-hydroxylation sites is 1. The number of hydrogen-bond donors (Lipinski definition) is 1. The van der Waals surface area contributed by atoms with Crippen LogP contribution in [-0.2, 0) is 11.2 Å². The minimum Gasteiger partial charge on any atom is -0.491 e. The molecule has 1 N–H and O–H groups in total. The smallest absolute Gasteiger partial charge is 0.331 e. The molecule has 0 saturated carbocycles. The van der Waals surface area contributed by atoms with Gasteiger partial charge in [0.25, 0.3) is 5.91 Å². The highest BCUT2D eigenvalue weighted by atomic mass is 16.5. The molecule has 7 heteroatoms. The molecule has 1 amide bonds. The van der Waals surface area contributed by atoms with E-state index in [0.717, 1.165) is 6.42 Å². The summed E-state index contributed by atoms with van der Waals surface area (Å²) in [4.78, 5) is 30.0. The van der Waals surface area contributed by atoms with Crippen molar-refractivity contribution in [3.8, 4) is 5.75 Å². The minimum absolute atomic E-state index is 0.115. The zero-order chi connectivity index (χ0) is 17.1. The molecule has 2 aromatic rings. The molecule has 0 bridgehead atoms. The van der Waals surface area contributed by atoms with Crippen molar-refractivity contribution in [2.75, 3.05) is 13.2 Å². The number of fused-ring (bicyclic) bond motifs is 1. The number of aromatic nitrogens is 1. The number of ether oxygens (including phenoxy) is 1. The lowest BCUT2D eigenvalue weighted by atomic mass is 10.0. The molecule has 1 aromatic carbocycles. The summed E-state index contributed by atoms with van der Waals surface area (Å²) in [5.41, 5.74) is 0.567. The van der Waals surface area contributed by atoms with E-state index >= 15 is 0 Å². The molecule has 0 fully saturated rings. The third-order valence-electron chi connectivity index (χ3n) is 3.84. The van der Waals surface area contributed by atoms with E-state index in [-0.39, 0.29) is 18.8 Å². The number of benzene rings is 1. The number of carboxylic acids is 1. The number of carbonyl (C=O) groups excluding carboxylic acids is 1. The van der Waals surface area contributed by atoms with E-state index in [1.165, 1.54) is 11.2 Å². The molecule has 1 aliphatic rings. The summed E-state index contributed by atoms with van der Waals surface area (Å²) in [7, 11) is 0. The van der Waals surface area contributed by atoms with E-state index in [9.17, 15) is 14.7 Å². The van der Waals surface area contributed by atoms with Crippen molar-refractivity contribution < 1.29 is 23.8 Å². The summed E-state index contributed by atoms with van der Waals surface area (Å²) in [6, 6.07) is 5.73. The van der Waals surface area contributed by atoms with E-state index in [1.807, 2.05) is 6.92 Å². The van der Waals surface area contributed by atoms with Crippen molar-refractivity contribution in [2.45, 2.75) is 25.8 Å². The maximum absolute atomic E-state index is 12.8. The quantitative estimate of drug-likeness (QED) is 0.924. The molecule has 0 aliphatic carbocycles. The van der Waals surface area contributed by atoms with Crippen LogP contribution in [0.15, 0.2) is 34.9 Å².